The molecular formula is C12H23NO. The van der Waals surface area contributed by atoms with Crippen molar-refractivity contribution in [2.24, 2.45) is 5.92 Å². The number of rotatable bonds is 6. The zero-order valence-electron chi connectivity index (χ0n) is 9.51. The Morgan fingerprint density at radius 2 is 2.36 bits per heavy atom. The van der Waals surface area contributed by atoms with Crippen LogP contribution >= 0.6 is 0 Å². The Hall–Kier alpha value is -0.340. The van der Waals surface area contributed by atoms with Crippen LogP contribution in [0.4, 0.5) is 0 Å². The molecule has 0 saturated carbocycles. The molecule has 1 rings (SSSR count). The molecule has 0 amide bonds. The SMILES string of the molecule is C=C(C)CCNCC1CCOC1CC. The van der Waals surface area contributed by atoms with Crippen molar-refractivity contribution >= 4 is 0 Å². The van der Waals surface area contributed by atoms with Crippen LogP contribution in [0.25, 0.3) is 0 Å². The molecule has 0 spiro atoms. The van der Waals surface area contributed by atoms with E-state index >= 15 is 0 Å². The topological polar surface area (TPSA) is 21.3 Å². The van der Waals surface area contributed by atoms with Gasteiger partial charge in [-0.05, 0) is 38.6 Å². The Bertz CT molecular complexity index is 179. The molecule has 82 valence electrons. The van der Waals surface area contributed by atoms with Gasteiger partial charge in [-0.1, -0.05) is 12.5 Å². The van der Waals surface area contributed by atoms with Gasteiger partial charge in [-0.15, -0.1) is 6.58 Å². The molecule has 1 aliphatic heterocycles. The Morgan fingerprint density at radius 3 is 3.00 bits per heavy atom. The molecule has 2 heteroatoms. The zero-order valence-corrected chi connectivity index (χ0v) is 9.51. The number of ether oxygens (including phenoxy) is 1. The average molecular weight is 197 g/mol. The molecule has 0 bridgehead atoms. The van der Waals surface area contributed by atoms with E-state index in [1.807, 2.05) is 0 Å². The average Bonchev–Trinajstić information content (AvgIpc) is 2.59. The summed E-state index contributed by atoms with van der Waals surface area (Å²) < 4.78 is 5.64. The van der Waals surface area contributed by atoms with Crippen molar-refractivity contribution in [2.75, 3.05) is 19.7 Å². The molecule has 0 radical (unpaired) electrons. The molecule has 0 aromatic heterocycles. The van der Waals surface area contributed by atoms with E-state index in [0.29, 0.717) is 6.10 Å². The number of hydrogen-bond donors (Lipinski definition) is 1. The Kier molecular flexibility index (Phi) is 5.20. The maximum atomic E-state index is 5.64. The number of nitrogens with one attached hydrogen (secondary N) is 1. The second-order valence-corrected chi connectivity index (χ2v) is 4.28. The van der Waals surface area contributed by atoms with Crippen LogP contribution in [0.1, 0.15) is 33.1 Å². The fourth-order valence-electron chi connectivity index (χ4n) is 1.97. The van der Waals surface area contributed by atoms with Crippen LogP contribution in [-0.2, 0) is 4.74 Å². The van der Waals surface area contributed by atoms with E-state index in [1.165, 1.54) is 12.0 Å². The maximum Gasteiger partial charge on any atom is 0.0613 e. The van der Waals surface area contributed by atoms with Crippen molar-refractivity contribution in [3.05, 3.63) is 12.2 Å². The fourth-order valence-corrected chi connectivity index (χ4v) is 1.97. The van der Waals surface area contributed by atoms with Gasteiger partial charge in [0.2, 0.25) is 0 Å². The van der Waals surface area contributed by atoms with Crippen molar-refractivity contribution in [1.82, 2.24) is 5.32 Å². The van der Waals surface area contributed by atoms with E-state index in [4.69, 9.17) is 4.74 Å². The lowest BCUT2D eigenvalue weighted by molar-refractivity contribution is 0.0873. The van der Waals surface area contributed by atoms with E-state index in [1.54, 1.807) is 0 Å². The first-order valence-corrected chi connectivity index (χ1v) is 5.70. The summed E-state index contributed by atoms with van der Waals surface area (Å²) in [6.45, 7) is 11.3. The van der Waals surface area contributed by atoms with Crippen LogP contribution in [0.3, 0.4) is 0 Å². The molecule has 1 saturated heterocycles. The lowest BCUT2D eigenvalue weighted by Crippen LogP contribution is -2.28. The molecular weight excluding hydrogens is 174 g/mol. The first-order chi connectivity index (χ1) is 6.74. The van der Waals surface area contributed by atoms with E-state index in [0.717, 1.165) is 38.5 Å². The Labute approximate surface area is 87.7 Å². The van der Waals surface area contributed by atoms with Crippen molar-refractivity contribution in [3.8, 4) is 0 Å². The van der Waals surface area contributed by atoms with Gasteiger partial charge in [0.1, 0.15) is 0 Å². The summed E-state index contributed by atoms with van der Waals surface area (Å²) in [4.78, 5) is 0. The van der Waals surface area contributed by atoms with Gasteiger partial charge < -0.3 is 10.1 Å². The third kappa shape index (κ3) is 3.81. The van der Waals surface area contributed by atoms with Gasteiger partial charge in [-0.3, -0.25) is 0 Å². The third-order valence-corrected chi connectivity index (χ3v) is 2.88. The highest BCUT2D eigenvalue weighted by atomic mass is 16.5. The molecule has 2 atom stereocenters. The molecule has 14 heavy (non-hydrogen) atoms. The van der Waals surface area contributed by atoms with E-state index in [9.17, 15) is 0 Å². The van der Waals surface area contributed by atoms with Gasteiger partial charge >= 0.3 is 0 Å². The van der Waals surface area contributed by atoms with Crippen LogP contribution in [0, 0.1) is 5.92 Å². The van der Waals surface area contributed by atoms with Gasteiger partial charge in [0.05, 0.1) is 6.10 Å². The third-order valence-electron chi connectivity index (χ3n) is 2.88. The van der Waals surface area contributed by atoms with Gasteiger partial charge in [-0.2, -0.15) is 0 Å². The zero-order chi connectivity index (χ0) is 10.4. The molecule has 1 aliphatic rings. The highest BCUT2D eigenvalue weighted by Gasteiger charge is 2.25. The summed E-state index contributed by atoms with van der Waals surface area (Å²) in [6.07, 6.45) is 3.95. The van der Waals surface area contributed by atoms with Crippen molar-refractivity contribution < 1.29 is 4.74 Å². The van der Waals surface area contributed by atoms with E-state index < -0.39 is 0 Å². The van der Waals surface area contributed by atoms with Gasteiger partial charge in [0, 0.05) is 13.2 Å². The highest BCUT2D eigenvalue weighted by Crippen LogP contribution is 2.22. The minimum Gasteiger partial charge on any atom is -0.378 e. The fraction of sp³-hybridized carbons (Fsp3) is 0.833. The Balaban J connectivity index is 2.08. The quantitative estimate of drug-likeness (QED) is 0.521. The number of hydrogen-bond acceptors (Lipinski definition) is 2. The normalized spacial score (nSPS) is 26.7. The molecule has 2 unspecified atom stereocenters. The summed E-state index contributed by atoms with van der Waals surface area (Å²) in [5, 5.41) is 3.48. The predicted octanol–water partition coefficient (Wildman–Crippen LogP) is 2.36. The summed E-state index contributed by atoms with van der Waals surface area (Å²) in [7, 11) is 0. The standard InChI is InChI=1S/C12H23NO/c1-4-12-11(6-8-14-12)9-13-7-5-10(2)3/h11-13H,2,4-9H2,1,3H3. The lowest BCUT2D eigenvalue weighted by Gasteiger charge is -2.17. The molecule has 1 fully saturated rings. The largest absolute Gasteiger partial charge is 0.378 e. The van der Waals surface area contributed by atoms with Crippen molar-refractivity contribution in [2.45, 2.75) is 39.2 Å². The van der Waals surface area contributed by atoms with Crippen molar-refractivity contribution in [1.29, 1.82) is 0 Å². The van der Waals surface area contributed by atoms with E-state index in [-0.39, 0.29) is 0 Å². The smallest absolute Gasteiger partial charge is 0.0613 e. The summed E-state index contributed by atoms with van der Waals surface area (Å²) >= 11 is 0. The first-order valence-electron chi connectivity index (χ1n) is 5.70. The predicted molar refractivity (Wildman–Crippen MR) is 60.4 cm³/mol. The van der Waals surface area contributed by atoms with Crippen LogP contribution in [0.2, 0.25) is 0 Å². The Morgan fingerprint density at radius 1 is 1.57 bits per heavy atom. The second-order valence-electron chi connectivity index (χ2n) is 4.28. The van der Waals surface area contributed by atoms with Gasteiger partial charge in [0.25, 0.3) is 0 Å². The lowest BCUT2D eigenvalue weighted by atomic mass is 10.00. The van der Waals surface area contributed by atoms with Crippen LogP contribution in [-0.4, -0.2) is 25.8 Å². The molecule has 0 aromatic carbocycles. The maximum absolute atomic E-state index is 5.64. The first kappa shape index (κ1) is 11.7. The van der Waals surface area contributed by atoms with Crippen molar-refractivity contribution in [3.63, 3.8) is 0 Å². The summed E-state index contributed by atoms with van der Waals surface area (Å²) in [5.41, 5.74) is 1.26. The molecule has 2 nitrogen and oxygen atoms in total. The highest BCUT2D eigenvalue weighted by molar-refractivity contribution is 4.88. The molecule has 0 aliphatic carbocycles. The van der Waals surface area contributed by atoms with Crippen LogP contribution in [0.15, 0.2) is 12.2 Å². The minimum absolute atomic E-state index is 0.493. The van der Waals surface area contributed by atoms with E-state index in [2.05, 4.69) is 25.7 Å². The minimum atomic E-state index is 0.493. The molecule has 0 aromatic rings. The van der Waals surface area contributed by atoms with Crippen LogP contribution < -0.4 is 5.32 Å². The summed E-state index contributed by atoms with van der Waals surface area (Å²) in [5.74, 6) is 0.727. The molecule has 1 N–H and O–H groups in total. The van der Waals surface area contributed by atoms with Gasteiger partial charge in [0.15, 0.2) is 0 Å². The van der Waals surface area contributed by atoms with Crippen LogP contribution in [0.5, 0.6) is 0 Å². The summed E-state index contributed by atoms with van der Waals surface area (Å²) in [6, 6.07) is 0. The monoisotopic (exact) mass is 197 g/mol. The second kappa shape index (κ2) is 6.20. The van der Waals surface area contributed by atoms with Gasteiger partial charge in [-0.25, -0.2) is 0 Å². The molecule has 1 heterocycles.